The Bertz CT molecular complexity index is 1790. The highest BCUT2D eigenvalue weighted by Gasteiger charge is 2.40. The van der Waals surface area contributed by atoms with Gasteiger partial charge < -0.3 is 25.6 Å². The molecular weight excluding hydrogens is 636 g/mol. The summed E-state index contributed by atoms with van der Waals surface area (Å²) in [5, 5.41) is 3.20. The van der Waals surface area contributed by atoms with E-state index in [1.165, 1.54) is 0 Å². The van der Waals surface area contributed by atoms with E-state index in [2.05, 4.69) is 29.3 Å². The molecule has 1 aliphatic carbocycles. The zero-order valence-electron chi connectivity index (χ0n) is 29.8. The number of nitrogens with one attached hydrogen (secondary N) is 1. The second kappa shape index (κ2) is 16.7. The first-order chi connectivity index (χ1) is 24.9. The largest absolute Gasteiger partial charge is 0.497 e. The number of carbonyl (C=O) groups is 3. The zero-order chi connectivity index (χ0) is 35.7. The van der Waals surface area contributed by atoms with Crippen LogP contribution in [0.15, 0.2) is 103 Å². The van der Waals surface area contributed by atoms with Gasteiger partial charge in [-0.25, -0.2) is 0 Å². The summed E-state index contributed by atoms with van der Waals surface area (Å²) in [6.07, 6.45) is 7.25. The molecule has 4 aromatic carbocycles. The van der Waals surface area contributed by atoms with Crippen LogP contribution >= 0.6 is 0 Å². The van der Waals surface area contributed by atoms with Crippen LogP contribution in [0.3, 0.4) is 0 Å². The average molecular weight is 687 g/mol. The highest BCUT2D eigenvalue weighted by molar-refractivity contribution is 6.04. The van der Waals surface area contributed by atoms with Gasteiger partial charge in [-0.05, 0) is 77.9 Å². The van der Waals surface area contributed by atoms with Crippen molar-refractivity contribution in [3.8, 4) is 16.9 Å². The fraction of sp³-hybridized carbons (Fsp3) is 0.372. The molecule has 2 aliphatic rings. The molecule has 1 aliphatic heterocycles. The third-order valence-electron chi connectivity index (χ3n) is 10.6. The number of amides is 3. The fourth-order valence-electron chi connectivity index (χ4n) is 7.83. The Hall–Kier alpha value is -5.11. The zero-order valence-corrected chi connectivity index (χ0v) is 29.8. The third kappa shape index (κ3) is 8.44. The van der Waals surface area contributed by atoms with Crippen LogP contribution in [0.4, 0.5) is 17.1 Å². The van der Waals surface area contributed by atoms with Gasteiger partial charge in [0.05, 0.1) is 31.6 Å². The number of hydrogen-bond acceptors (Lipinski definition) is 5. The van der Waals surface area contributed by atoms with Crippen molar-refractivity contribution in [1.29, 1.82) is 0 Å². The van der Waals surface area contributed by atoms with Gasteiger partial charge in [-0.2, -0.15) is 0 Å². The van der Waals surface area contributed by atoms with Crippen LogP contribution in [0.2, 0.25) is 0 Å². The van der Waals surface area contributed by atoms with Crippen LogP contribution in [-0.2, 0) is 20.9 Å². The molecule has 0 spiro atoms. The number of primary amides is 1. The van der Waals surface area contributed by atoms with Crippen molar-refractivity contribution in [2.24, 2.45) is 23.5 Å². The number of fused-ring (bicyclic) bond motifs is 1. The van der Waals surface area contributed by atoms with Gasteiger partial charge in [-0.15, -0.1) is 0 Å². The molecular formula is C43H50N4O4. The van der Waals surface area contributed by atoms with Crippen LogP contribution in [-0.4, -0.2) is 37.4 Å². The lowest BCUT2D eigenvalue weighted by atomic mass is 9.80. The van der Waals surface area contributed by atoms with E-state index >= 15 is 0 Å². The van der Waals surface area contributed by atoms with Crippen molar-refractivity contribution >= 4 is 34.8 Å². The van der Waals surface area contributed by atoms with Gasteiger partial charge in [0.2, 0.25) is 11.8 Å². The second-order valence-corrected chi connectivity index (χ2v) is 14.0. The molecule has 1 saturated carbocycles. The lowest BCUT2D eigenvalue weighted by Gasteiger charge is -2.30. The normalized spacial score (nSPS) is 17.4. The van der Waals surface area contributed by atoms with Gasteiger partial charge in [0, 0.05) is 17.5 Å². The van der Waals surface area contributed by atoms with Gasteiger partial charge in [0.1, 0.15) is 11.8 Å². The molecule has 6 rings (SSSR count). The molecule has 51 heavy (non-hydrogen) atoms. The van der Waals surface area contributed by atoms with Gasteiger partial charge in [0.15, 0.2) is 0 Å². The van der Waals surface area contributed by atoms with E-state index in [-0.39, 0.29) is 18.4 Å². The summed E-state index contributed by atoms with van der Waals surface area (Å²) in [5.41, 5.74) is 11.6. The number of unbranched alkanes of at least 4 members (excludes halogenated alkanes) is 1. The van der Waals surface area contributed by atoms with Crippen molar-refractivity contribution in [2.45, 2.75) is 70.9 Å². The number of nitrogens with zero attached hydrogens (tertiary/aromatic N) is 2. The molecule has 266 valence electrons. The standard InChI is InChI=1S/C43H50N4O4/c1-3-4-19-36(41(44)48)37(27-30-13-8-9-14-30)42(49)45-38-29-46(34-17-6-5-7-18-34)39-20-10-11-21-40(39)47(43(38)50)28-31-15-12-16-33(26-31)32-22-24-35(51-2)25-23-32/h5-7,10-12,15-18,20-26,30,36-38H,3-4,8-9,13-14,19,27-29H2,1-2H3,(H2,44,48)(H,45,49). The summed E-state index contributed by atoms with van der Waals surface area (Å²) in [6.45, 7) is 2.62. The molecule has 4 aromatic rings. The molecule has 3 amide bonds. The van der Waals surface area contributed by atoms with Crippen molar-refractivity contribution in [2.75, 3.05) is 23.5 Å². The van der Waals surface area contributed by atoms with E-state index < -0.39 is 23.8 Å². The number of benzene rings is 4. The predicted molar refractivity (Wildman–Crippen MR) is 204 cm³/mol. The van der Waals surface area contributed by atoms with Crippen LogP contribution in [0.1, 0.15) is 63.9 Å². The van der Waals surface area contributed by atoms with E-state index in [0.29, 0.717) is 25.3 Å². The highest BCUT2D eigenvalue weighted by atomic mass is 16.5. The maximum atomic E-state index is 14.9. The van der Waals surface area contributed by atoms with Crippen molar-refractivity contribution < 1.29 is 19.1 Å². The van der Waals surface area contributed by atoms with E-state index in [1.807, 2.05) is 91.0 Å². The Kier molecular flexibility index (Phi) is 11.7. The molecule has 1 heterocycles. The van der Waals surface area contributed by atoms with Gasteiger partial charge in [0.25, 0.3) is 5.91 Å². The second-order valence-electron chi connectivity index (χ2n) is 14.0. The summed E-state index contributed by atoms with van der Waals surface area (Å²) in [6, 6.07) is 33.1. The van der Waals surface area contributed by atoms with Crippen LogP contribution in [0.5, 0.6) is 5.75 Å². The lowest BCUT2D eigenvalue weighted by molar-refractivity contribution is -0.136. The van der Waals surface area contributed by atoms with Crippen LogP contribution in [0.25, 0.3) is 11.1 Å². The van der Waals surface area contributed by atoms with Crippen LogP contribution < -0.4 is 25.6 Å². The van der Waals surface area contributed by atoms with Gasteiger partial charge in [-0.1, -0.05) is 106 Å². The monoisotopic (exact) mass is 686 g/mol. The number of ether oxygens (including phenoxy) is 1. The van der Waals surface area contributed by atoms with E-state index in [0.717, 1.165) is 78.0 Å². The number of para-hydroxylation sites is 3. The highest BCUT2D eigenvalue weighted by Crippen LogP contribution is 2.39. The third-order valence-corrected chi connectivity index (χ3v) is 10.6. The predicted octanol–water partition coefficient (Wildman–Crippen LogP) is 8.02. The number of anilines is 3. The maximum Gasteiger partial charge on any atom is 0.251 e. The molecule has 1 fully saturated rings. The van der Waals surface area contributed by atoms with Gasteiger partial charge >= 0.3 is 0 Å². The van der Waals surface area contributed by atoms with Crippen molar-refractivity contribution in [1.82, 2.24) is 5.32 Å². The molecule has 0 bridgehead atoms. The van der Waals surface area contributed by atoms with Crippen LogP contribution in [0, 0.1) is 17.8 Å². The summed E-state index contributed by atoms with van der Waals surface area (Å²) in [5.74, 6) is -0.913. The molecule has 3 N–H and O–H groups in total. The lowest BCUT2D eigenvalue weighted by Crippen LogP contribution is -2.54. The number of rotatable bonds is 14. The van der Waals surface area contributed by atoms with Crippen molar-refractivity contribution in [3.63, 3.8) is 0 Å². The molecule has 3 unspecified atom stereocenters. The number of carbonyl (C=O) groups excluding carboxylic acids is 3. The molecule has 8 heteroatoms. The number of hydrogen-bond donors (Lipinski definition) is 2. The van der Waals surface area contributed by atoms with E-state index in [4.69, 9.17) is 10.5 Å². The molecule has 3 atom stereocenters. The molecule has 0 radical (unpaired) electrons. The minimum Gasteiger partial charge on any atom is -0.497 e. The first-order valence-electron chi connectivity index (χ1n) is 18.4. The minimum absolute atomic E-state index is 0.201. The molecule has 0 saturated heterocycles. The Morgan fingerprint density at radius 1 is 0.863 bits per heavy atom. The minimum atomic E-state index is -0.874. The summed E-state index contributed by atoms with van der Waals surface area (Å²) in [4.78, 5) is 46.2. The summed E-state index contributed by atoms with van der Waals surface area (Å²) in [7, 11) is 1.65. The quantitative estimate of drug-likeness (QED) is 0.140. The number of nitrogens with two attached hydrogens (primary N) is 1. The Morgan fingerprint density at radius 2 is 1.57 bits per heavy atom. The maximum absolute atomic E-state index is 14.9. The Balaban J connectivity index is 1.36. The van der Waals surface area contributed by atoms with Gasteiger partial charge in [-0.3, -0.25) is 14.4 Å². The van der Waals surface area contributed by atoms with E-state index in [1.54, 1.807) is 12.0 Å². The summed E-state index contributed by atoms with van der Waals surface area (Å²) < 4.78 is 5.35. The summed E-state index contributed by atoms with van der Waals surface area (Å²) >= 11 is 0. The molecule has 0 aromatic heterocycles. The van der Waals surface area contributed by atoms with E-state index in [9.17, 15) is 14.4 Å². The Morgan fingerprint density at radius 3 is 2.25 bits per heavy atom. The fourth-order valence-corrected chi connectivity index (χ4v) is 7.83. The Labute approximate surface area is 302 Å². The SMILES string of the molecule is CCCCC(C(N)=O)C(CC1CCCC1)C(=O)NC1CN(c2ccccc2)c2ccccc2N(Cc2cccc(-c3ccc(OC)cc3)c2)C1=O. The first-order valence-corrected chi connectivity index (χ1v) is 18.4. The van der Waals surface area contributed by atoms with Crippen molar-refractivity contribution in [3.05, 3.63) is 109 Å². The molecule has 8 nitrogen and oxygen atoms in total. The first kappa shape index (κ1) is 35.7. The average Bonchev–Trinajstić information content (AvgIpc) is 3.65. The number of methoxy groups -OCH3 is 1. The topological polar surface area (TPSA) is 105 Å². The smallest absolute Gasteiger partial charge is 0.251 e.